The summed E-state index contributed by atoms with van der Waals surface area (Å²) in [7, 11) is 0. The van der Waals surface area contributed by atoms with E-state index in [1.165, 1.54) is 6.07 Å². The SMILES string of the molecule is O=C(O)C1CCCCN1Cc1cccc(F)c1Br. The molecule has 1 fully saturated rings. The van der Waals surface area contributed by atoms with Gasteiger partial charge in [0.1, 0.15) is 11.9 Å². The third-order valence-electron chi connectivity index (χ3n) is 3.30. The van der Waals surface area contributed by atoms with Crippen LogP contribution in [0, 0.1) is 5.82 Å². The van der Waals surface area contributed by atoms with Crippen molar-refractivity contribution in [2.75, 3.05) is 6.54 Å². The Morgan fingerprint density at radius 3 is 3.00 bits per heavy atom. The van der Waals surface area contributed by atoms with E-state index < -0.39 is 12.0 Å². The Kier molecular flexibility index (Phi) is 4.35. The van der Waals surface area contributed by atoms with E-state index in [0.29, 0.717) is 17.4 Å². The second-order valence-corrected chi connectivity index (χ2v) is 5.33. The number of nitrogens with zero attached hydrogens (tertiary/aromatic N) is 1. The number of hydrogen-bond acceptors (Lipinski definition) is 2. The summed E-state index contributed by atoms with van der Waals surface area (Å²) < 4.78 is 13.8. The summed E-state index contributed by atoms with van der Waals surface area (Å²) in [4.78, 5) is 13.1. The summed E-state index contributed by atoms with van der Waals surface area (Å²) >= 11 is 3.21. The third-order valence-corrected chi connectivity index (χ3v) is 4.19. The van der Waals surface area contributed by atoms with Crippen LogP contribution >= 0.6 is 15.9 Å². The molecule has 0 amide bonds. The van der Waals surface area contributed by atoms with Crippen LogP contribution in [0.2, 0.25) is 0 Å². The normalized spacial score (nSPS) is 20.9. The number of carbonyl (C=O) groups is 1. The van der Waals surface area contributed by atoms with Gasteiger partial charge in [-0.3, -0.25) is 9.69 Å². The quantitative estimate of drug-likeness (QED) is 0.932. The van der Waals surface area contributed by atoms with Crippen molar-refractivity contribution in [1.82, 2.24) is 4.90 Å². The Balaban J connectivity index is 2.16. The van der Waals surface area contributed by atoms with Crippen LogP contribution in [0.15, 0.2) is 22.7 Å². The van der Waals surface area contributed by atoms with Gasteiger partial charge in [-0.2, -0.15) is 0 Å². The average molecular weight is 316 g/mol. The van der Waals surface area contributed by atoms with Gasteiger partial charge in [-0.25, -0.2) is 4.39 Å². The lowest BCUT2D eigenvalue weighted by molar-refractivity contribution is -0.144. The van der Waals surface area contributed by atoms with E-state index in [9.17, 15) is 14.3 Å². The fraction of sp³-hybridized carbons (Fsp3) is 0.462. The third kappa shape index (κ3) is 2.90. The number of aliphatic carboxylic acids is 1. The minimum Gasteiger partial charge on any atom is -0.480 e. The summed E-state index contributed by atoms with van der Waals surface area (Å²) in [6, 6.07) is 4.41. The molecule has 0 bridgehead atoms. The van der Waals surface area contributed by atoms with Crippen molar-refractivity contribution in [3.8, 4) is 0 Å². The average Bonchev–Trinajstić information content (AvgIpc) is 2.35. The van der Waals surface area contributed by atoms with E-state index >= 15 is 0 Å². The van der Waals surface area contributed by atoms with E-state index in [1.54, 1.807) is 6.07 Å². The molecule has 2 rings (SSSR count). The van der Waals surface area contributed by atoms with E-state index in [4.69, 9.17) is 0 Å². The topological polar surface area (TPSA) is 40.5 Å². The van der Waals surface area contributed by atoms with Crippen LogP contribution in [0.25, 0.3) is 0 Å². The fourth-order valence-corrected chi connectivity index (χ4v) is 2.74. The molecule has 1 heterocycles. The standard InChI is InChI=1S/C13H15BrFNO2/c14-12-9(4-3-5-10(12)15)8-16-7-2-1-6-11(16)13(17)18/h3-5,11H,1-2,6-8H2,(H,17,18). The zero-order valence-corrected chi connectivity index (χ0v) is 11.5. The number of carboxylic acid groups (broad SMARTS) is 1. The molecule has 0 radical (unpaired) electrons. The molecule has 0 saturated carbocycles. The molecule has 1 N–H and O–H groups in total. The zero-order valence-electron chi connectivity index (χ0n) is 9.90. The van der Waals surface area contributed by atoms with Crippen molar-refractivity contribution in [2.24, 2.45) is 0 Å². The van der Waals surface area contributed by atoms with Gasteiger partial charge in [0.2, 0.25) is 0 Å². The maximum absolute atomic E-state index is 13.4. The highest BCUT2D eigenvalue weighted by atomic mass is 79.9. The highest BCUT2D eigenvalue weighted by Crippen LogP contribution is 2.25. The van der Waals surface area contributed by atoms with Crippen molar-refractivity contribution in [3.63, 3.8) is 0 Å². The lowest BCUT2D eigenvalue weighted by Gasteiger charge is -2.33. The highest BCUT2D eigenvalue weighted by molar-refractivity contribution is 9.10. The van der Waals surface area contributed by atoms with Gasteiger partial charge in [-0.05, 0) is 46.9 Å². The molecule has 18 heavy (non-hydrogen) atoms. The van der Waals surface area contributed by atoms with Gasteiger partial charge >= 0.3 is 5.97 Å². The molecule has 1 atom stereocenters. The van der Waals surface area contributed by atoms with Crippen molar-refractivity contribution >= 4 is 21.9 Å². The molecule has 1 aromatic carbocycles. The maximum atomic E-state index is 13.4. The second-order valence-electron chi connectivity index (χ2n) is 4.53. The molecule has 0 aliphatic carbocycles. The summed E-state index contributed by atoms with van der Waals surface area (Å²) in [5.74, 6) is -1.10. The zero-order chi connectivity index (χ0) is 13.1. The summed E-state index contributed by atoms with van der Waals surface area (Å²) in [6.45, 7) is 1.22. The smallest absolute Gasteiger partial charge is 0.320 e. The number of piperidine rings is 1. The van der Waals surface area contributed by atoms with Gasteiger partial charge in [0.05, 0.1) is 4.47 Å². The van der Waals surface area contributed by atoms with Gasteiger partial charge in [-0.15, -0.1) is 0 Å². The summed E-state index contributed by atoms with van der Waals surface area (Å²) in [5, 5.41) is 9.18. The molecule has 98 valence electrons. The number of rotatable bonds is 3. The first-order valence-corrected chi connectivity index (χ1v) is 6.78. The molecular formula is C13H15BrFNO2. The molecule has 5 heteroatoms. The maximum Gasteiger partial charge on any atom is 0.320 e. The Morgan fingerprint density at radius 2 is 2.28 bits per heavy atom. The van der Waals surface area contributed by atoms with Crippen LogP contribution in [0.1, 0.15) is 24.8 Å². The first kappa shape index (κ1) is 13.5. The van der Waals surface area contributed by atoms with Crippen molar-refractivity contribution in [2.45, 2.75) is 31.8 Å². The molecule has 1 saturated heterocycles. The highest BCUT2D eigenvalue weighted by Gasteiger charge is 2.28. The van der Waals surface area contributed by atoms with Gasteiger partial charge in [0.25, 0.3) is 0 Å². The molecule has 1 aromatic rings. The predicted molar refractivity (Wildman–Crippen MR) is 69.8 cm³/mol. The molecule has 3 nitrogen and oxygen atoms in total. The van der Waals surface area contributed by atoms with Gasteiger partial charge in [0.15, 0.2) is 0 Å². The van der Waals surface area contributed by atoms with Crippen LogP contribution < -0.4 is 0 Å². The molecule has 1 unspecified atom stereocenters. The summed E-state index contributed by atoms with van der Waals surface area (Å²) in [6.07, 6.45) is 2.61. The molecule has 1 aliphatic heterocycles. The van der Waals surface area contributed by atoms with E-state index in [2.05, 4.69) is 15.9 Å². The largest absolute Gasteiger partial charge is 0.480 e. The van der Waals surface area contributed by atoms with Crippen LogP contribution in [0.5, 0.6) is 0 Å². The van der Waals surface area contributed by atoms with Crippen LogP contribution in [-0.2, 0) is 11.3 Å². The Bertz CT molecular complexity index is 453. The first-order chi connectivity index (χ1) is 8.59. The number of carboxylic acids is 1. The number of hydrogen-bond donors (Lipinski definition) is 1. The summed E-state index contributed by atoms with van der Waals surface area (Å²) in [5.41, 5.74) is 0.795. The van der Waals surface area contributed by atoms with E-state index in [-0.39, 0.29) is 5.82 Å². The van der Waals surface area contributed by atoms with E-state index in [0.717, 1.165) is 24.9 Å². The number of halogens is 2. The van der Waals surface area contributed by atoms with Gasteiger partial charge in [-0.1, -0.05) is 18.6 Å². The molecule has 0 aromatic heterocycles. The van der Waals surface area contributed by atoms with Gasteiger partial charge in [0, 0.05) is 6.54 Å². The molecular weight excluding hydrogens is 301 g/mol. The predicted octanol–water partition coefficient (Wildman–Crippen LogP) is 3.03. The lowest BCUT2D eigenvalue weighted by Crippen LogP contribution is -2.44. The second kappa shape index (κ2) is 5.80. The van der Waals surface area contributed by atoms with E-state index in [1.807, 2.05) is 11.0 Å². The van der Waals surface area contributed by atoms with Crippen LogP contribution in [-0.4, -0.2) is 28.6 Å². The van der Waals surface area contributed by atoms with Crippen LogP contribution in [0.3, 0.4) is 0 Å². The van der Waals surface area contributed by atoms with Crippen molar-refractivity contribution in [3.05, 3.63) is 34.1 Å². The van der Waals surface area contributed by atoms with Crippen molar-refractivity contribution in [1.29, 1.82) is 0 Å². The monoisotopic (exact) mass is 315 g/mol. The Morgan fingerprint density at radius 1 is 1.50 bits per heavy atom. The first-order valence-electron chi connectivity index (χ1n) is 5.99. The number of likely N-dealkylation sites (tertiary alicyclic amines) is 1. The lowest BCUT2D eigenvalue weighted by atomic mass is 10.0. The van der Waals surface area contributed by atoms with Crippen molar-refractivity contribution < 1.29 is 14.3 Å². The Hall–Kier alpha value is -0.940. The molecule has 0 spiro atoms. The molecule has 1 aliphatic rings. The van der Waals surface area contributed by atoms with Crippen LogP contribution in [0.4, 0.5) is 4.39 Å². The minimum atomic E-state index is -0.790. The fourth-order valence-electron chi connectivity index (χ4n) is 2.35. The Labute approximate surface area is 114 Å². The number of benzene rings is 1. The van der Waals surface area contributed by atoms with Gasteiger partial charge < -0.3 is 5.11 Å². The minimum absolute atomic E-state index is 0.309.